The van der Waals surface area contributed by atoms with Gasteiger partial charge in [0.25, 0.3) is 0 Å². The summed E-state index contributed by atoms with van der Waals surface area (Å²) >= 11 is 0. The van der Waals surface area contributed by atoms with Crippen molar-refractivity contribution in [2.75, 3.05) is 23.7 Å². The molecule has 1 saturated heterocycles. The molecule has 25 heavy (non-hydrogen) atoms. The summed E-state index contributed by atoms with van der Waals surface area (Å²) in [6.07, 6.45) is 9.24. The Morgan fingerprint density at radius 1 is 1.00 bits per heavy atom. The number of carbonyl (C=O) groups is 1. The van der Waals surface area contributed by atoms with Gasteiger partial charge < -0.3 is 16.0 Å². The number of anilines is 2. The van der Waals surface area contributed by atoms with Crippen LogP contribution >= 0.6 is 0 Å². The Kier molecular flexibility index (Phi) is 3.77. The van der Waals surface area contributed by atoms with Crippen LogP contribution in [0.15, 0.2) is 24.3 Å². The Hall–Kier alpha value is -1.55. The van der Waals surface area contributed by atoms with E-state index in [-0.39, 0.29) is 17.4 Å². The van der Waals surface area contributed by atoms with Gasteiger partial charge in [0, 0.05) is 12.1 Å². The second-order valence-electron chi connectivity index (χ2n) is 9.05. The van der Waals surface area contributed by atoms with Crippen LogP contribution in [0.25, 0.3) is 0 Å². The number of benzene rings is 1. The number of rotatable bonds is 4. The molecule has 0 radical (unpaired) electrons. The molecule has 4 heteroatoms. The molecule has 1 heterocycles. The molecule has 134 valence electrons. The largest absolute Gasteiger partial charge is 0.378 e. The topological polar surface area (TPSA) is 53.2 Å². The van der Waals surface area contributed by atoms with Crippen LogP contribution in [0.4, 0.5) is 11.4 Å². The first kappa shape index (κ1) is 15.7. The van der Waals surface area contributed by atoms with Gasteiger partial charge in [0.05, 0.1) is 17.3 Å². The Morgan fingerprint density at radius 3 is 2.24 bits per heavy atom. The summed E-state index contributed by atoms with van der Waals surface area (Å²) in [5.74, 6) is 3.03. The molecule has 4 nitrogen and oxygen atoms in total. The van der Waals surface area contributed by atoms with Gasteiger partial charge in [-0.15, -0.1) is 0 Å². The predicted octanol–water partition coefficient (Wildman–Crippen LogP) is 3.62. The molecule has 1 amide bonds. The van der Waals surface area contributed by atoms with Gasteiger partial charge in [-0.25, -0.2) is 0 Å². The SMILES string of the molecule is O=C(Nc1ccccc1NC12CC3CC(CC(C3)C1)C2)C1CCNC1. The number of hydrogen-bond acceptors (Lipinski definition) is 3. The van der Waals surface area contributed by atoms with Gasteiger partial charge in [-0.3, -0.25) is 4.79 Å². The molecular weight excluding hydrogens is 310 g/mol. The third-order valence-corrected chi connectivity index (χ3v) is 7.05. The van der Waals surface area contributed by atoms with E-state index < -0.39 is 0 Å². The molecule has 1 atom stereocenters. The molecule has 0 aromatic heterocycles. The molecule has 1 aromatic rings. The van der Waals surface area contributed by atoms with E-state index in [2.05, 4.69) is 28.1 Å². The number of para-hydroxylation sites is 2. The van der Waals surface area contributed by atoms with Crippen LogP contribution in [0.1, 0.15) is 44.9 Å². The molecule has 4 bridgehead atoms. The minimum atomic E-state index is 0.104. The van der Waals surface area contributed by atoms with Gasteiger partial charge in [-0.05, 0) is 81.4 Å². The standard InChI is InChI=1S/C21H29N3O/c25-20(17-5-6-22-13-17)23-18-3-1-2-4-19(18)24-21-10-14-7-15(11-21)9-16(8-14)12-21/h1-4,14-17,22,24H,5-13H2,(H,23,25). The predicted molar refractivity (Wildman–Crippen MR) is 101 cm³/mol. The van der Waals surface area contributed by atoms with E-state index in [0.717, 1.165) is 48.6 Å². The Bertz CT molecular complexity index is 630. The van der Waals surface area contributed by atoms with Gasteiger partial charge in [0.1, 0.15) is 0 Å². The third kappa shape index (κ3) is 2.95. The van der Waals surface area contributed by atoms with Gasteiger partial charge in [-0.1, -0.05) is 12.1 Å². The van der Waals surface area contributed by atoms with Crippen molar-refractivity contribution in [2.45, 2.75) is 50.5 Å². The van der Waals surface area contributed by atoms with Gasteiger partial charge in [-0.2, -0.15) is 0 Å². The molecular formula is C21H29N3O. The second kappa shape index (κ2) is 6.01. The van der Waals surface area contributed by atoms with Crippen LogP contribution < -0.4 is 16.0 Å². The van der Waals surface area contributed by atoms with Crippen LogP contribution in [-0.4, -0.2) is 24.5 Å². The summed E-state index contributed by atoms with van der Waals surface area (Å²) in [7, 11) is 0. The highest BCUT2D eigenvalue weighted by Crippen LogP contribution is 2.56. The van der Waals surface area contributed by atoms with Gasteiger partial charge >= 0.3 is 0 Å². The number of hydrogen-bond donors (Lipinski definition) is 3. The van der Waals surface area contributed by atoms with Crippen molar-refractivity contribution in [3.8, 4) is 0 Å². The Morgan fingerprint density at radius 2 is 1.64 bits per heavy atom. The minimum Gasteiger partial charge on any atom is -0.378 e. The highest BCUT2D eigenvalue weighted by Gasteiger charge is 2.51. The summed E-state index contributed by atoms with van der Waals surface area (Å²) in [6, 6.07) is 8.28. The maximum atomic E-state index is 12.6. The molecule has 5 aliphatic rings. The van der Waals surface area contributed by atoms with E-state index in [9.17, 15) is 4.79 Å². The molecule has 6 rings (SSSR count). The maximum Gasteiger partial charge on any atom is 0.228 e. The Balaban J connectivity index is 1.35. The van der Waals surface area contributed by atoms with E-state index in [0.29, 0.717) is 0 Å². The lowest BCUT2D eigenvalue weighted by Gasteiger charge is -2.57. The second-order valence-corrected chi connectivity index (χ2v) is 9.05. The van der Waals surface area contributed by atoms with E-state index in [1.54, 1.807) is 0 Å². The monoisotopic (exact) mass is 339 g/mol. The quantitative estimate of drug-likeness (QED) is 0.785. The first-order valence-electron chi connectivity index (χ1n) is 10.1. The van der Waals surface area contributed by atoms with Crippen LogP contribution in [0.3, 0.4) is 0 Å². The minimum absolute atomic E-state index is 0.104. The van der Waals surface area contributed by atoms with Crippen molar-refractivity contribution < 1.29 is 4.79 Å². The summed E-state index contributed by atoms with van der Waals surface area (Å²) < 4.78 is 0. The Labute approximate surface area is 150 Å². The summed E-state index contributed by atoms with van der Waals surface area (Å²) in [6.45, 7) is 1.75. The van der Waals surface area contributed by atoms with Crippen molar-refractivity contribution in [2.24, 2.45) is 23.7 Å². The number of amides is 1. The highest BCUT2D eigenvalue weighted by atomic mass is 16.1. The molecule has 3 N–H and O–H groups in total. The van der Waals surface area contributed by atoms with Gasteiger partial charge in [0.15, 0.2) is 0 Å². The van der Waals surface area contributed by atoms with Crippen molar-refractivity contribution >= 4 is 17.3 Å². The molecule has 5 fully saturated rings. The lowest BCUT2D eigenvalue weighted by atomic mass is 9.53. The number of carbonyl (C=O) groups excluding carboxylic acids is 1. The zero-order valence-corrected chi connectivity index (χ0v) is 14.9. The third-order valence-electron chi connectivity index (χ3n) is 7.05. The van der Waals surface area contributed by atoms with E-state index in [1.807, 2.05) is 12.1 Å². The van der Waals surface area contributed by atoms with Crippen molar-refractivity contribution in [1.82, 2.24) is 5.32 Å². The molecule has 4 aliphatic carbocycles. The van der Waals surface area contributed by atoms with Crippen molar-refractivity contribution in [3.05, 3.63) is 24.3 Å². The maximum absolute atomic E-state index is 12.6. The molecule has 4 saturated carbocycles. The summed E-state index contributed by atoms with van der Waals surface area (Å²) in [5, 5.41) is 10.4. The van der Waals surface area contributed by atoms with Crippen LogP contribution in [0.2, 0.25) is 0 Å². The van der Waals surface area contributed by atoms with Crippen molar-refractivity contribution in [3.63, 3.8) is 0 Å². The highest BCUT2D eigenvalue weighted by molar-refractivity contribution is 5.96. The van der Waals surface area contributed by atoms with Crippen LogP contribution in [-0.2, 0) is 4.79 Å². The molecule has 1 unspecified atom stereocenters. The molecule has 1 aliphatic heterocycles. The first-order chi connectivity index (χ1) is 12.2. The normalized spacial score (nSPS) is 38.7. The fourth-order valence-corrected chi connectivity index (χ4v) is 6.36. The zero-order chi connectivity index (χ0) is 16.9. The number of nitrogens with one attached hydrogen (secondary N) is 3. The fourth-order valence-electron chi connectivity index (χ4n) is 6.36. The summed E-state index contributed by atoms with van der Waals surface area (Å²) in [4.78, 5) is 12.6. The van der Waals surface area contributed by atoms with E-state index in [4.69, 9.17) is 0 Å². The average Bonchev–Trinajstić information content (AvgIpc) is 3.10. The average molecular weight is 339 g/mol. The molecule has 1 aromatic carbocycles. The lowest BCUT2D eigenvalue weighted by Crippen LogP contribution is -2.54. The molecule has 0 spiro atoms. The van der Waals surface area contributed by atoms with Gasteiger partial charge in [0.2, 0.25) is 5.91 Å². The first-order valence-corrected chi connectivity index (χ1v) is 10.1. The summed E-state index contributed by atoms with van der Waals surface area (Å²) in [5.41, 5.74) is 2.34. The van der Waals surface area contributed by atoms with E-state index in [1.165, 1.54) is 38.5 Å². The zero-order valence-electron chi connectivity index (χ0n) is 14.9. The van der Waals surface area contributed by atoms with Crippen LogP contribution in [0.5, 0.6) is 0 Å². The lowest BCUT2D eigenvalue weighted by molar-refractivity contribution is -0.119. The van der Waals surface area contributed by atoms with Crippen molar-refractivity contribution in [1.29, 1.82) is 0 Å². The smallest absolute Gasteiger partial charge is 0.228 e. The van der Waals surface area contributed by atoms with Crippen LogP contribution in [0, 0.1) is 23.7 Å². The fraction of sp³-hybridized carbons (Fsp3) is 0.667. The van der Waals surface area contributed by atoms with E-state index >= 15 is 0 Å².